The molecule has 0 saturated carbocycles. The standard InChI is InChI=1S/C12H10O3S/c13-10-6-7-12(16(14)15)11(8-10)9-4-2-1-3-5-9/h1-8,13H,(H,14,15)/p-1. The predicted octanol–water partition coefficient (Wildman–Crippen LogP) is 2.30. The first kappa shape index (κ1) is 10.9. The molecular formula is C12H9O3S-. The maximum atomic E-state index is 11.0. The van der Waals surface area contributed by atoms with E-state index in [0.29, 0.717) is 5.56 Å². The van der Waals surface area contributed by atoms with Crippen molar-refractivity contribution in [1.29, 1.82) is 0 Å². The molecule has 0 radical (unpaired) electrons. The van der Waals surface area contributed by atoms with Gasteiger partial charge in [0.2, 0.25) is 0 Å². The fourth-order valence-corrected chi connectivity index (χ4v) is 2.04. The summed E-state index contributed by atoms with van der Waals surface area (Å²) in [6.45, 7) is 0. The molecule has 0 saturated heterocycles. The molecule has 2 aromatic carbocycles. The summed E-state index contributed by atoms with van der Waals surface area (Å²) in [6.07, 6.45) is 0. The van der Waals surface area contributed by atoms with Crippen LogP contribution in [0.3, 0.4) is 0 Å². The van der Waals surface area contributed by atoms with E-state index in [4.69, 9.17) is 0 Å². The van der Waals surface area contributed by atoms with Crippen LogP contribution in [-0.4, -0.2) is 13.9 Å². The first-order chi connectivity index (χ1) is 7.68. The van der Waals surface area contributed by atoms with Crippen LogP contribution in [0.15, 0.2) is 53.4 Å². The van der Waals surface area contributed by atoms with Crippen molar-refractivity contribution >= 4 is 11.1 Å². The van der Waals surface area contributed by atoms with Crippen molar-refractivity contribution in [2.45, 2.75) is 4.90 Å². The lowest BCUT2D eigenvalue weighted by molar-refractivity contribution is 0.475. The smallest absolute Gasteiger partial charge is 0.116 e. The van der Waals surface area contributed by atoms with E-state index in [1.807, 2.05) is 18.2 Å². The lowest BCUT2D eigenvalue weighted by Crippen LogP contribution is -1.92. The van der Waals surface area contributed by atoms with Gasteiger partial charge in [-0.05, 0) is 34.8 Å². The fraction of sp³-hybridized carbons (Fsp3) is 0. The minimum absolute atomic E-state index is 0.0491. The lowest BCUT2D eigenvalue weighted by Gasteiger charge is -2.12. The maximum Gasteiger partial charge on any atom is 0.116 e. The van der Waals surface area contributed by atoms with E-state index in [-0.39, 0.29) is 10.6 Å². The zero-order valence-corrected chi connectivity index (χ0v) is 9.11. The van der Waals surface area contributed by atoms with Gasteiger partial charge in [-0.15, -0.1) is 0 Å². The van der Waals surface area contributed by atoms with Gasteiger partial charge in [0.1, 0.15) is 5.75 Å². The summed E-state index contributed by atoms with van der Waals surface area (Å²) in [4.78, 5) is 0.184. The third kappa shape index (κ3) is 2.13. The average molecular weight is 233 g/mol. The molecule has 3 nitrogen and oxygen atoms in total. The number of hydrogen-bond acceptors (Lipinski definition) is 3. The summed E-state index contributed by atoms with van der Waals surface area (Å²) in [5.41, 5.74) is 1.27. The van der Waals surface area contributed by atoms with E-state index in [2.05, 4.69) is 0 Å². The molecule has 0 fully saturated rings. The highest BCUT2D eigenvalue weighted by Crippen LogP contribution is 2.29. The minimum Gasteiger partial charge on any atom is -0.768 e. The highest BCUT2D eigenvalue weighted by Gasteiger charge is 2.06. The second-order valence-corrected chi connectivity index (χ2v) is 4.19. The Bertz CT molecular complexity index is 523. The van der Waals surface area contributed by atoms with Crippen LogP contribution < -0.4 is 0 Å². The molecule has 0 aliphatic heterocycles. The van der Waals surface area contributed by atoms with Crippen LogP contribution in [0.2, 0.25) is 0 Å². The molecule has 2 aromatic rings. The van der Waals surface area contributed by atoms with E-state index >= 15 is 0 Å². The van der Waals surface area contributed by atoms with Gasteiger partial charge >= 0.3 is 0 Å². The number of benzene rings is 2. The molecule has 0 aromatic heterocycles. The fourth-order valence-electron chi connectivity index (χ4n) is 1.51. The molecule has 2 rings (SSSR count). The third-order valence-corrected chi connectivity index (χ3v) is 2.94. The van der Waals surface area contributed by atoms with E-state index < -0.39 is 11.1 Å². The van der Waals surface area contributed by atoms with Crippen molar-refractivity contribution < 1.29 is 13.9 Å². The number of phenolic OH excluding ortho intramolecular Hbond substituents is 1. The molecule has 0 aliphatic carbocycles. The van der Waals surface area contributed by atoms with E-state index in [1.54, 1.807) is 12.1 Å². The predicted molar refractivity (Wildman–Crippen MR) is 60.7 cm³/mol. The van der Waals surface area contributed by atoms with Crippen molar-refractivity contribution in [3.8, 4) is 16.9 Å². The van der Waals surface area contributed by atoms with Gasteiger partial charge in [-0.1, -0.05) is 30.3 Å². The van der Waals surface area contributed by atoms with Crippen LogP contribution in [0, 0.1) is 0 Å². The van der Waals surface area contributed by atoms with Gasteiger partial charge < -0.3 is 9.66 Å². The minimum atomic E-state index is -2.31. The van der Waals surface area contributed by atoms with Crippen molar-refractivity contribution in [3.05, 3.63) is 48.5 Å². The van der Waals surface area contributed by atoms with Gasteiger partial charge in [0.25, 0.3) is 0 Å². The van der Waals surface area contributed by atoms with Crippen LogP contribution >= 0.6 is 0 Å². The first-order valence-corrected chi connectivity index (χ1v) is 5.73. The molecule has 4 heteroatoms. The largest absolute Gasteiger partial charge is 0.768 e. The highest BCUT2D eigenvalue weighted by molar-refractivity contribution is 7.79. The van der Waals surface area contributed by atoms with Gasteiger partial charge in [0, 0.05) is 10.5 Å². The highest BCUT2D eigenvalue weighted by atomic mass is 32.2. The number of aromatic hydroxyl groups is 1. The Morgan fingerprint density at radius 2 is 1.75 bits per heavy atom. The molecule has 1 N–H and O–H groups in total. The van der Waals surface area contributed by atoms with Gasteiger partial charge in [-0.2, -0.15) is 0 Å². The SMILES string of the molecule is O=S([O-])c1ccc(O)cc1-c1ccccc1. The number of hydrogen-bond donors (Lipinski definition) is 1. The number of rotatable bonds is 2. The second-order valence-electron chi connectivity index (χ2n) is 3.28. The van der Waals surface area contributed by atoms with Crippen LogP contribution in [0.5, 0.6) is 5.75 Å². The molecule has 0 heterocycles. The summed E-state index contributed by atoms with van der Waals surface area (Å²) in [6, 6.07) is 13.3. The summed E-state index contributed by atoms with van der Waals surface area (Å²) < 4.78 is 22.0. The summed E-state index contributed by atoms with van der Waals surface area (Å²) >= 11 is -2.31. The molecule has 0 spiro atoms. The second kappa shape index (κ2) is 4.47. The molecular weight excluding hydrogens is 224 g/mol. The number of phenols is 1. The quantitative estimate of drug-likeness (QED) is 0.809. The molecule has 0 bridgehead atoms. The van der Waals surface area contributed by atoms with Crippen molar-refractivity contribution in [2.75, 3.05) is 0 Å². The Kier molecular flexibility index (Phi) is 3.03. The van der Waals surface area contributed by atoms with Crippen molar-refractivity contribution in [3.63, 3.8) is 0 Å². The Morgan fingerprint density at radius 1 is 1.06 bits per heavy atom. The van der Waals surface area contributed by atoms with Crippen LogP contribution in [0.25, 0.3) is 11.1 Å². The van der Waals surface area contributed by atoms with Gasteiger partial charge in [0.05, 0.1) is 0 Å². The van der Waals surface area contributed by atoms with Crippen molar-refractivity contribution in [1.82, 2.24) is 0 Å². The third-order valence-electron chi connectivity index (χ3n) is 2.23. The Labute approximate surface area is 95.7 Å². The summed E-state index contributed by atoms with van der Waals surface area (Å²) in [7, 11) is 0. The van der Waals surface area contributed by atoms with E-state index in [0.717, 1.165) is 5.56 Å². The Hall–Kier alpha value is -1.65. The monoisotopic (exact) mass is 233 g/mol. The molecule has 16 heavy (non-hydrogen) atoms. The van der Waals surface area contributed by atoms with Crippen LogP contribution in [0.1, 0.15) is 0 Å². The topological polar surface area (TPSA) is 60.4 Å². The van der Waals surface area contributed by atoms with Crippen LogP contribution in [-0.2, 0) is 11.1 Å². The van der Waals surface area contributed by atoms with Gasteiger partial charge in [-0.25, -0.2) is 0 Å². The van der Waals surface area contributed by atoms with Gasteiger partial charge in [0.15, 0.2) is 0 Å². The summed E-state index contributed by atoms with van der Waals surface area (Å²) in [5.74, 6) is 0.0491. The Morgan fingerprint density at radius 3 is 2.38 bits per heavy atom. The molecule has 1 atom stereocenters. The maximum absolute atomic E-state index is 11.0. The van der Waals surface area contributed by atoms with E-state index in [1.165, 1.54) is 18.2 Å². The van der Waals surface area contributed by atoms with Gasteiger partial charge in [-0.3, -0.25) is 4.21 Å². The zero-order chi connectivity index (χ0) is 11.5. The van der Waals surface area contributed by atoms with Crippen molar-refractivity contribution in [2.24, 2.45) is 0 Å². The van der Waals surface area contributed by atoms with E-state index in [9.17, 15) is 13.9 Å². The zero-order valence-electron chi connectivity index (χ0n) is 8.29. The molecule has 0 aliphatic rings. The molecule has 82 valence electrons. The first-order valence-electron chi connectivity index (χ1n) is 4.66. The molecule has 0 amide bonds. The summed E-state index contributed by atoms with van der Waals surface area (Å²) in [5, 5.41) is 9.38. The molecule has 1 unspecified atom stereocenters. The average Bonchev–Trinajstić information content (AvgIpc) is 2.29. The lowest BCUT2D eigenvalue weighted by atomic mass is 10.1. The Balaban J connectivity index is 2.63. The van der Waals surface area contributed by atoms with Crippen LogP contribution in [0.4, 0.5) is 0 Å². The normalized spacial score (nSPS) is 12.3.